The van der Waals surface area contributed by atoms with E-state index >= 15 is 0 Å². The molecule has 0 bridgehead atoms. The number of rotatable bonds is 4. The Morgan fingerprint density at radius 3 is 2.08 bits per heavy atom. The van der Waals surface area contributed by atoms with Crippen molar-refractivity contribution >= 4 is 14.1 Å². The Bertz CT molecular complexity index is 217. The Morgan fingerprint density at radius 1 is 1.31 bits per heavy atom. The van der Waals surface area contributed by atoms with Crippen molar-refractivity contribution in [3.05, 3.63) is 11.8 Å². The fraction of sp³-hybridized carbons (Fsp3) is 0.700. The van der Waals surface area contributed by atoms with Crippen LogP contribution in [0, 0.1) is 0 Å². The molecule has 76 valence electrons. The largest absolute Gasteiger partial charge is 0.547 e. The molecule has 13 heavy (non-hydrogen) atoms. The minimum atomic E-state index is -1.63. The molecule has 0 rings (SSSR count). The van der Waals surface area contributed by atoms with Crippen LogP contribution in [-0.2, 0) is 9.22 Å². The van der Waals surface area contributed by atoms with E-state index in [1.807, 2.05) is 6.92 Å². The van der Waals surface area contributed by atoms with E-state index in [4.69, 9.17) is 4.43 Å². The predicted molar refractivity (Wildman–Crippen MR) is 58.1 cm³/mol. The molecule has 0 radical (unpaired) electrons. The molecule has 0 saturated carbocycles. The van der Waals surface area contributed by atoms with Crippen LogP contribution in [0.25, 0.3) is 0 Å². The van der Waals surface area contributed by atoms with Gasteiger partial charge < -0.3 is 4.43 Å². The third kappa shape index (κ3) is 4.88. The standard InChI is InChI=1S/C10H20O2Si/c1-8(2)13(5,6)12-10(4)7-9(3)11/h7-8H,1-6H3. The van der Waals surface area contributed by atoms with Gasteiger partial charge in [-0.2, -0.15) is 0 Å². The van der Waals surface area contributed by atoms with Gasteiger partial charge in [0, 0.05) is 6.08 Å². The molecule has 0 aromatic rings. The Labute approximate surface area is 82.1 Å². The molecule has 0 atom stereocenters. The van der Waals surface area contributed by atoms with Gasteiger partial charge in [0.05, 0.1) is 5.76 Å². The molecule has 0 amide bonds. The summed E-state index contributed by atoms with van der Waals surface area (Å²) in [4.78, 5) is 10.8. The lowest BCUT2D eigenvalue weighted by atomic mass is 10.4. The zero-order valence-electron chi connectivity index (χ0n) is 9.47. The molecule has 0 aromatic carbocycles. The van der Waals surface area contributed by atoms with Crippen molar-refractivity contribution in [3.8, 4) is 0 Å². The van der Waals surface area contributed by atoms with Crippen molar-refractivity contribution in [3.63, 3.8) is 0 Å². The van der Waals surface area contributed by atoms with E-state index < -0.39 is 8.32 Å². The number of allylic oxidation sites excluding steroid dienone is 2. The molecule has 0 aliphatic carbocycles. The Kier molecular flexibility index (Phi) is 4.40. The van der Waals surface area contributed by atoms with Crippen molar-refractivity contribution in [2.75, 3.05) is 0 Å². The van der Waals surface area contributed by atoms with Crippen LogP contribution in [0.2, 0.25) is 18.6 Å². The predicted octanol–water partition coefficient (Wildman–Crippen LogP) is 3.11. The third-order valence-corrected chi connectivity index (χ3v) is 5.85. The molecule has 0 heterocycles. The Morgan fingerprint density at radius 2 is 1.77 bits per heavy atom. The maximum Gasteiger partial charge on any atom is 0.247 e. The molecule has 0 unspecified atom stereocenters. The van der Waals surface area contributed by atoms with Crippen molar-refractivity contribution in [2.45, 2.75) is 46.3 Å². The van der Waals surface area contributed by atoms with Gasteiger partial charge in [0.15, 0.2) is 5.78 Å². The maximum atomic E-state index is 10.8. The van der Waals surface area contributed by atoms with Crippen LogP contribution in [0.1, 0.15) is 27.7 Å². The molecule has 3 heteroatoms. The lowest BCUT2D eigenvalue weighted by molar-refractivity contribution is -0.112. The first-order valence-corrected chi connectivity index (χ1v) is 7.62. The number of ketones is 1. The van der Waals surface area contributed by atoms with E-state index in [0.29, 0.717) is 5.54 Å². The van der Waals surface area contributed by atoms with Crippen molar-refractivity contribution < 1.29 is 9.22 Å². The molecular formula is C10H20O2Si. The summed E-state index contributed by atoms with van der Waals surface area (Å²) >= 11 is 0. The number of carbonyl (C=O) groups excluding carboxylic acids is 1. The molecule has 0 aliphatic rings. The summed E-state index contributed by atoms with van der Waals surface area (Å²) in [5.74, 6) is 0.795. The fourth-order valence-electron chi connectivity index (χ4n) is 0.848. The highest BCUT2D eigenvalue weighted by Crippen LogP contribution is 2.23. The Hall–Kier alpha value is -0.573. The van der Waals surface area contributed by atoms with E-state index in [1.54, 1.807) is 6.08 Å². The van der Waals surface area contributed by atoms with Gasteiger partial charge in [-0.05, 0) is 32.5 Å². The van der Waals surface area contributed by atoms with Crippen molar-refractivity contribution in [2.24, 2.45) is 0 Å². The second-order valence-electron chi connectivity index (χ2n) is 4.23. The zero-order chi connectivity index (χ0) is 10.6. The minimum Gasteiger partial charge on any atom is -0.547 e. The van der Waals surface area contributed by atoms with Gasteiger partial charge >= 0.3 is 0 Å². The monoisotopic (exact) mass is 200 g/mol. The fourth-order valence-corrected chi connectivity index (χ4v) is 1.97. The van der Waals surface area contributed by atoms with Gasteiger partial charge in [-0.25, -0.2) is 0 Å². The normalized spacial score (nSPS) is 13.3. The first-order valence-electron chi connectivity index (χ1n) is 4.63. The van der Waals surface area contributed by atoms with E-state index in [9.17, 15) is 4.79 Å². The third-order valence-electron chi connectivity index (χ3n) is 2.22. The highest BCUT2D eigenvalue weighted by atomic mass is 28.4. The molecule has 0 aliphatic heterocycles. The molecule has 2 nitrogen and oxygen atoms in total. The van der Waals surface area contributed by atoms with Crippen molar-refractivity contribution in [1.29, 1.82) is 0 Å². The average Bonchev–Trinajstić information content (AvgIpc) is 1.82. The van der Waals surface area contributed by atoms with E-state index in [1.165, 1.54) is 6.92 Å². The summed E-state index contributed by atoms with van der Waals surface area (Å²) in [6.45, 7) is 12.0. The van der Waals surface area contributed by atoms with E-state index in [0.717, 1.165) is 5.76 Å². The second kappa shape index (κ2) is 4.60. The van der Waals surface area contributed by atoms with Crippen LogP contribution in [0.15, 0.2) is 11.8 Å². The van der Waals surface area contributed by atoms with Crippen LogP contribution >= 0.6 is 0 Å². The summed E-state index contributed by atoms with van der Waals surface area (Å²) in [5.41, 5.74) is 0.558. The van der Waals surface area contributed by atoms with Crippen molar-refractivity contribution in [1.82, 2.24) is 0 Å². The van der Waals surface area contributed by atoms with Gasteiger partial charge in [0.25, 0.3) is 0 Å². The van der Waals surface area contributed by atoms with Crippen LogP contribution < -0.4 is 0 Å². The van der Waals surface area contributed by atoms with Crippen LogP contribution in [-0.4, -0.2) is 14.1 Å². The Balaban J connectivity index is 4.36. The SMILES string of the molecule is CC(=O)C=C(C)O[Si](C)(C)C(C)C. The van der Waals surface area contributed by atoms with Gasteiger partial charge in [-0.3, -0.25) is 4.79 Å². The zero-order valence-corrected chi connectivity index (χ0v) is 10.5. The molecular weight excluding hydrogens is 180 g/mol. The highest BCUT2D eigenvalue weighted by molar-refractivity contribution is 6.72. The first-order chi connectivity index (χ1) is 5.75. The van der Waals surface area contributed by atoms with Gasteiger partial charge in [0.2, 0.25) is 8.32 Å². The molecule has 0 aromatic heterocycles. The highest BCUT2D eigenvalue weighted by Gasteiger charge is 2.28. The summed E-state index contributed by atoms with van der Waals surface area (Å²) in [7, 11) is -1.63. The van der Waals surface area contributed by atoms with Gasteiger partial charge in [-0.1, -0.05) is 13.8 Å². The smallest absolute Gasteiger partial charge is 0.247 e. The summed E-state index contributed by atoms with van der Waals surface area (Å²) in [6, 6.07) is 0. The molecule has 0 spiro atoms. The van der Waals surface area contributed by atoms with Crippen LogP contribution in [0.3, 0.4) is 0 Å². The summed E-state index contributed by atoms with van der Waals surface area (Å²) in [5, 5.41) is 0. The van der Waals surface area contributed by atoms with Gasteiger partial charge in [-0.15, -0.1) is 0 Å². The van der Waals surface area contributed by atoms with E-state index in [-0.39, 0.29) is 5.78 Å². The summed E-state index contributed by atoms with van der Waals surface area (Å²) < 4.78 is 5.79. The summed E-state index contributed by atoms with van der Waals surface area (Å²) in [6.07, 6.45) is 1.55. The van der Waals surface area contributed by atoms with Gasteiger partial charge in [0.1, 0.15) is 0 Å². The first kappa shape index (κ1) is 12.4. The average molecular weight is 200 g/mol. The number of hydrogen-bond acceptors (Lipinski definition) is 2. The van der Waals surface area contributed by atoms with Crippen LogP contribution in [0.5, 0.6) is 0 Å². The van der Waals surface area contributed by atoms with Crippen LogP contribution in [0.4, 0.5) is 0 Å². The molecule has 0 N–H and O–H groups in total. The lowest BCUT2D eigenvalue weighted by Crippen LogP contribution is -2.33. The topological polar surface area (TPSA) is 26.3 Å². The molecule has 0 saturated heterocycles. The lowest BCUT2D eigenvalue weighted by Gasteiger charge is -2.28. The quantitative estimate of drug-likeness (QED) is 0.396. The minimum absolute atomic E-state index is 0.0473. The van der Waals surface area contributed by atoms with E-state index in [2.05, 4.69) is 26.9 Å². The maximum absolute atomic E-state index is 10.8. The molecule has 0 fully saturated rings. The second-order valence-corrected chi connectivity index (χ2v) is 8.79. The number of carbonyl (C=O) groups is 1. The number of hydrogen-bond donors (Lipinski definition) is 0.